The zero-order valence-electron chi connectivity index (χ0n) is 17.5. The molecule has 1 aliphatic rings. The van der Waals surface area contributed by atoms with E-state index in [1.807, 2.05) is 50.2 Å². The Morgan fingerprint density at radius 2 is 2.17 bits per heavy atom. The van der Waals surface area contributed by atoms with Gasteiger partial charge in [-0.2, -0.15) is 0 Å². The highest BCUT2D eigenvalue weighted by Gasteiger charge is 2.28. The van der Waals surface area contributed by atoms with Gasteiger partial charge in [0.05, 0.1) is 24.1 Å². The highest BCUT2D eigenvalue weighted by atomic mass is 32.1. The van der Waals surface area contributed by atoms with Crippen molar-refractivity contribution >= 4 is 34.1 Å². The first-order valence-corrected chi connectivity index (χ1v) is 11.1. The number of carbonyl (C=O) groups is 1. The van der Waals surface area contributed by atoms with Gasteiger partial charge in [0.2, 0.25) is 0 Å². The van der Waals surface area contributed by atoms with Crippen molar-refractivity contribution in [3.05, 3.63) is 63.9 Å². The number of furan rings is 1. The summed E-state index contributed by atoms with van der Waals surface area (Å²) in [5.41, 5.74) is 2.48. The van der Waals surface area contributed by atoms with Crippen LogP contribution >= 0.6 is 11.3 Å². The van der Waals surface area contributed by atoms with E-state index in [1.54, 1.807) is 17.6 Å². The number of benzene rings is 1. The molecule has 0 fully saturated rings. The highest BCUT2D eigenvalue weighted by Crippen LogP contribution is 2.41. The summed E-state index contributed by atoms with van der Waals surface area (Å²) in [5.74, 6) is 2.66. The van der Waals surface area contributed by atoms with Crippen molar-refractivity contribution in [3.8, 4) is 5.75 Å². The van der Waals surface area contributed by atoms with Gasteiger partial charge in [-0.15, -0.1) is 11.3 Å². The number of rotatable bonds is 6. The average Bonchev–Trinajstić information content (AvgIpc) is 3.30. The predicted octanol–water partition coefficient (Wildman–Crippen LogP) is 6.18. The predicted molar refractivity (Wildman–Crippen MR) is 122 cm³/mol. The van der Waals surface area contributed by atoms with E-state index in [0.717, 1.165) is 35.6 Å². The third-order valence-corrected chi connectivity index (χ3v) is 6.39. The van der Waals surface area contributed by atoms with E-state index in [9.17, 15) is 4.79 Å². The lowest BCUT2D eigenvalue weighted by Crippen LogP contribution is -2.17. The molecule has 5 nitrogen and oxygen atoms in total. The molecule has 0 aliphatic heterocycles. The van der Waals surface area contributed by atoms with Gasteiger partial charge in [0.15, 0.2) is 0 Å². The molecule has 1 aromatic carbocycles. The molecule has 0 saturated carbocycles. The third-order valence-electron chi connectivity index (χ3n) is 5.23. The number of thiophene rings is 1. The summed E-state index contributed by atoms with van der Waals surface area (Å²) in [6.45, 7) is 6.63. The quantitative estimate of drug-likeness (QED) is 0.483. The Balaban J connectivity index is 1.69. The van der Waals surface area contributed by atoms with E-state index >= 15 is 0 Å². The summed E-state index contributed by atoms with van der Waals surface area (Å²) >= 11 is 1.61. The standard InChI is InChI=1S/C24H26N2O3S/c1-4-28-20-8-6-5-7-19(20)26-23(27)22-18-12-9-15(2)13-21(18)30-24(22)25-14-17-11-10-16(3)29-17/h5-8,10-11,14-15H,4,9,12-13H2,1-3H3,(H,26,27)/b25-14+. The molecule has 0 spiro atoms. The maximum atomic E-state index is 13.4. The summed E-state index contributed by atoms with van der Waals surface area (Å²) in [5, 5.41) is 3.78. The maximum absolute atomic E-state index is 13.4. The van der Waals surface area contributed by atoms with Crippen molar-refractivity contribution < 1.29 is 13.9 Å². The molecular formula is C24H26N2O3S. The molecule has 1 N–H and O–H groups in total. The van der Waals surface area contributed by atoms with E-state index in [4.69, 9.17) is 9.15 Å². The zero-order chi connectivity index (χ0) is 21.1. The van der Waals surface area contributed by atoms with Gasteiger partial charge < -0.3 is 14.5 Å². The van der Waals surface area contributed by atoms with Crippen molar-refractivity contribution in [1.29, 1.82) is 0 Å². The minimum atomic E-state index is -0.142. The van der Waals surface area contributed by atoms with Crippen LogP contribution in [0, 0.1) is 12.8 Å². The number of hydrogen-bond acceptors (Lipinski definition) is 5. The minimum absolute atomic E-state index is 0.142. The second-order valence-electron chi connectivity index (χ2n) is 7.62. The summed E-state index contributed by atoms with van der Waals surface area (Å²) in [6, 6.07) is 11.3. The largest absolute Gasteiger partial charge is 0.492 e. The number of ether oxygens (including phenoxy) is 1. The Morgan fingerprint density at radius 3 is 2.93 bits per heavy atom. The number of aliphatic imine (C=N–C) groups is 1. The zero-order valence-corrected chi connectivity index (χ0v) is 18.3. The normalized spacial score (nSPS) is 15.9. The van der Waals surface area contributed by atoms with Crippen LogP contribution in [0.4, 0.5) is 10.7 Å². The van der Waals surface area contributed by atoms with Crippen LogP contribution in [0.3, 0.4) is 0 Å². The molecule has 2 heterocycles. The van der Waals surface area contributed by atoms with Gasteiger partial charge in [0.1, 0.15) is 22.3 Å². The van der Waals surface area contributed by atoms with Crippen molar-refractivity contribution in [2.45, 2.75) is 40.0 Å². The monoisotopic (exact) mass is 422 g/mol. The molecule has 1 aliphatic carbocycles. The molecular weight excluding hydrogens is 396 g/mol. The van der Waals surface area contributed by atoms with Crippen LogP contribution in [-0.4, -0.2) is 18.7 Å². The molecule has 4 rings (SSSR count). The molecule has 2 aromatic heterocycles. The number of fused-ring (bicyclic) bond motifs is 1. The van der Waals surface area contributed by atoms with Crippen molar-refractivity contribution in [2.75, 3.05) is 11.9 Å². The molecule has 0 radical (unpaired) electrons. The van der Waals surface area contributed by atoms with Crippen LogP contribution in [0.15, 0.2) is 45.8 Å². The lowest BCUT2D eigenvalue weighted by atomic mass is 9.88. The Kier molecular flexibility index (Phi) is 6.04. The Labute approximate surface area is 180 Å². The van der Waals surface area contributed by atoms with Gasteiger partial charge in [0.25, 0.3) is 5.91 Å². The van der Waals surface area contributed by atoms with Gasteiger partial charge in [-0.3, -0.25) is 4.79 Å². The van der Waals surface area contributed by atoms with E-state index in [2.05, 4.69) is 17.2 Å². The summed E-state index contributed by atoms with van der Waals surface area (Å²) in [4.78, 5) is 19.3. The van der Waals surface area contributed by atoms with Gasteiger partial charge in [-0.1, -0.05) is 19.1 Å². The SMILES string of the molecule is CCOc1ccccc1NC(=O)c1c(/N=C/c2ccc(C)o2)sc2c1CCC(C)C2. The summed E-state index contributed by atoms with van der Waals surface area (Å²) in [6.07, 6.45) is 4.67. The van der Waals surface area contributed by atoms with Crippen molar-refractivity contribution in [3.63, 3.8) is 0 Å². The summed E-state index contributed by atoms with van der Waals surface area (Å²) in [7, 11) is 0. The van der Waals surface area contributed by atoms with Crippen LogP contribution in [0.5, 0.6) is 5.75 Å². The number of para-hydroxylation sites is 2. The van der Waals surface area contributed by atoms with Crippen molar-refractivity contribution in [2.24, 2.45) is 10.9 Å². The Bertz CT molecular complexity index is 1080. The number of nitrogens with one attached hydrogen (secondary N) is 1. The second kappa shape index (κ2) is 8.88. The lowest BCUT2D eigenvalue weighted by Gasteiger charge is -2.19. The molecule has 1 unspecified atom stereocenters. The maximum Gasteiger partial charge on any atom is 0.259 e. The first-order valence-electron chi connectivity index (χ1n) is 10.3. The third kappa shape index (κ3) is 4.33. The number of nitrogens with zero attached hydrogens (tertiary/aromatic N) is 1. The van der Waals surface area contributed by atoms with Crippen LogP contribution < -0.4 is 10.1 Å². The fourth-order valence-corrected chi connectivity index (χ4v) is 5.09. The van der Waals surface area contributed by atoms with E-state index < -0.39 is 0 Å². The van der Waals surface area contributed by atoms with E-state index in [-0.39, 0.29) is 5.91 Å². The van der Waals surface area contributed by atoms with Crippen LogP contribution in [-0.2, 0) is 12.8 Å². The number of carbonyl (C=O) groups excluding carboxylic acids is 1. The Hall–Kier alpha value is -2.86. The average molecular weight is 423 g/mol. The molecule has 0 bridgehead atoms. The first-order chi connectivity index (χ1) is 14.5. The molecule has 1 amide bonds. The van der Waals surface area contributed by atoms with E-state index in [0.29, 0.717) is 35.3 Å². The number of amides is 1. The number of aryl methyl sites for hydroxylation is 1. The van der Waals surface area contributed by atoms with E-state index in [1.165, 1.54) is 4.88 Å². The van der Waals surface area contributed by atoms with Gasteiger partial charge >= 0.3 is 0 Å². The summed E-state index contributed by atoms with van der Waals surface area (Å²) < 4.78 is 11.3. The first kappa shape index (κ1) is 20.4. The van der Waals surface area contributed by atoms with Gasteiger partial charge in [-0.25, -0.2) is 4.99 Å². The second-order valence-corrected chi connectivity index (χ2v) is 8.71. The van der Waals surface area contributed by atoms with Gasteiger partial charge in [-0.05, 0) is 68.9 Å². The topological polar surface area (TPSA) is 63.8 Å². The van der Waals surface area contributed by atoms with Crippen LogP contribution in [0.2, 0.25) is 0 Å². The molecule has 3 aromatic rings. The highest BCUT2D eigenvalue weighted by molar-refractivity contribution is 7.16. The van der Waals surface area contributed by atoms with Crippen LogP contribution in [0.1, 0.15) is 52.6 Å². The molecule has 0 saturated heterocycles. The number of anilines is 1. The smallest absolute Gasteiger partial charge is 0.259 e. The fraction of sp³-hybridized carbons (Fsp3) is 0.333. The minimum Gasteiger partial charge on any atom is -0.492 e. The van der Waals surface area contributed by atoms with Gasteiger partial charge in [0, 0.05) is 4.88 Å². The van der Waals surface area contributed by atoms with Crippen LogP contribution in [0.25, 0.3) is 0 Å². The fourth-order valence-electron chi connectivity index (χ4n) is 3.74. The molecule has 1 atom stereocenters. The lowest BCUT2D eigenvalue weighted by molar-refractivity contribution is 0.102. The number of hydrogen-bond donors (Lipinski definition) is 1. The molecule has 156 valence electrons. The molecule has 6 heteroatoms. The Morgan fingerprint density at radius 1 is 1.33 bits per heavy atom. The van der Waals surface area contributed by atoms with Crippen molar-refractivity contribution in [1.82, 2.24) is 0 Å². The molecule has 30 heavy (non-hydrogen) atoms.